The monoisotopic (exact) mass is 562 g/mol. The van der Waals surface area contributed by atoms with Crippen molar-refractivity contribution in [3.63, 3.8) is 0 Å². The normalized spacial score (nSPS) is 13.3. The quantitative estimate of drug-likeness (QED) is 0.274. The number of esters is 1. The molecule has 8 nitrogen and oxygen atoms in total. The second kappa shape index (κ2) is 12.2. The maximum absolute atomic E-state index is 14.0. The summed E-state index contributed by atoms with van der Waals surface area (Å²) in [5.41, 5.74) is 3.09. The number of nitrogens with zero attached hydrogens (tertiary/aromatic N) is 4. The van der Waals surface area contributed by atoms with Gasteiger partial charge in [-0.05, 0) is 61.5 Å². The maximum atomic E-state index is 14.0. The molecule has 5 rings (SSSR count). The SMILES string of the molecule is CCOC(=O)c1cc(-c2ccc(N3CCN(C(=O)COc4cccc(Cl)c4)CC3)cc2)n(-c2cccc(F)c2)n1. The number of carbonyl (C=O) groups is 2. The van der Waals surface area contributed by atoms with Gasteiger partial charge in [0.05, 0.1) is 18.0 Å². The highest BCUT2D eigenvalue weighted by atomic mass is 35.5. The number of halogens is 2. The van der Waals surface area contributed by atoms with Crippen LogP contribution in [0.5, 0.6) is 5.75 Å². The highest BCUT2D eigenvalue weighted by molar-refractivity contribution is 6.30. The van der Waals surface area contributed by atoms with Crippen molar-refractivity contribution >= 4 is 29.2 Å². The first-order valence-electron chi connectivity index (χ1n) is 13.0. The van der Waals surface area contributed by atoms with Gasteiger partial charge in [-0.2, -0.15) is 5.10 Å². The molecule has 0 atom stereocenters. The Balaban J connectivity index is 1.26. The van der Waals surface area contributed by atoms with Crippen LogP contribution in [0.1, 0.15) is 17.4 Å². The average molecular weight is 563 g/mol. The van der Waals surface area contributed by atoms with E-state index in [1.165, 1.54) is 12.1 Å². The fourth-order valence-corrected chi connectivity index (χ4v) is 4.73. The minimum Gasteiger partial charge on any atom is -0.484 e. The number of benzene rings is 3. The van der Waals surface area contributed by atoms with Gasteiger partial charge in [-0.1, -0.05) is 35.9 Å². The molecule has 10 heteroatoms. The smallest absolute Gasteiger partial charge is 0.358 e. The number of piperazine rings is 1. The molecule has 0 spiro atoms. The zero-order chi connectivity index (χ0) is 28.1. The van der Waals surface area contributed by atoms with Crippen LogP contribution in [0.2, 0.25) is 5.02 Å². The van der Waals surface area contributed by atoms with Gasteiger partial charge in [0.15, 0.2) is 12.3 Å². The van der Waals surface area contributed by atoms with Gasteiger partial charge < -0.3 is 19.3 Å². The molecule has 1 aromatic heterocycles. The molecule has 1 aliphatic heterocycles. The highest BCUT2D eigenvalue weighted by Crippen LogP contribution is 2.28. The van der Waals surface area contributed by atoms with Gasteiger partial charge in [-0.3, -0.25) is 4.79 Å². The Morgan fingerprint density at radius 3 is 2.38 bits per heavy atom. The zero-order valence-corrected chi connectivity index (χ0v) is 22.7. The van der Waals surface area contributed by atoms with Gasteiger partial charge in [-0.15, -0.1) is 0 Å². The van der Waals surface area contributed by atoms with Gasteiger partial charge in [0.2, 0.25) is 0 Å². The molecule has 0 unspecified atom stereocenters. The van der Waals surface area contributed by atoms with E-state index in [4.69, 9.17) is 21.1 Å². The predicted octanol–water partition coefficient (Wildman–Crippen LogP) is 5.24. The van der Waals surface area contributed by atoms with Crippen LogP contribution >= 0.6 is 11.6 Å². The number of carbonyl (C=O) groups excluding carboxylic acids is 2. The van der Waals surface area contributed by atoms with Crippen LogP contribution in [0.25, 0.3) is 16.9 Å². The minimum atomic E-state index is -0.541. The van der Waals surface area contributed by atoms with Crippen molar-refractivity contribution in [1.82, 2.24) is 14.7 Å². The van der Waals surface area contributed by atoms with Crippen LogP contribution in [0, 0.1) is 5.82 Å². The topological polar surface area (TPSA) is 76.9 Å². The number of rotatable bonds is 8. The van der Waals surface area contributed by atoms with Crippen molar-refractivity contribution in [3.05, 3.63) is 95.4 Å². The first kappa shape index (κ1) is 27.2. The number of anilines is 1. The largest absolute Gasteiger partial charge is 0.484 e. The molecule has 3 aromatic carbocycles. The third-order valence-corrected chi connectivity index (χ3v) is 6.80. The number of aromatic nitrogens is 2. The Morgan fingerprint density at radius 1 is 0.925 bits per heavy atom. The Morgan fingerprint density at radius 2 is 1.68 bits per heavy atom. The van der Waals surface area contributed by atoms with Crippen LogP contribution in [-0.4, -0.2) is 65.9 Å². The lowest BCUT2D eigenvalue weighted by Gasteiger charge is -2.36. The summed E-state index contributed by atoms with van der Waals surface area (Å²) in [6.45, 7) is 4.42. The fraction of sp³-hybridized carbons (Fsp3) is 0.233. The van der Waals surface area contributed by atoms with Gasteiger partial charge in [-0.25, -0.2) is 13.9 Å². The lowest BCUT2D eigenvalue weighted by atomic mass is 10.1. The first-order chi connectivity index (χ1) is 19.4. The van der Waals surface area contributed by atoms with Crippen LogP contribution in [0.3, 0.4) is 0 Å². The van der Waals surface area contributed by atoms with E-state index in [0.29, 0.717) is 48.3 Å². The molecule has 1 fully saturated rings. The van der Waals surface area contributed by atoms with Crippen molar-refractivity contribution in [2.45, 2.75) is 6.92 Å². The number of hydrogen-bond acceptors (Lipinski definition) is 6. The van der Waals surface area contributed by atoms with E-state index in [0.717, 1.165) is 11.3 Å². The van der Waals surface area contributed by atoms with Crippen LogP contribution in [-0.2, 0) is 9.53 Å². The van der Waals surface area contributed by atoms with Crippen LogP contribution in [0.4, 0.5) is 10.1 Å². The summed E-state index contributed by atoms with van der Waals surface area (Å²) in [4.78, 5) is 29.0. The fourth-order valence-electron chi connectivity index (χ4n) is 4.55. The lowest BCUT2D eigenvalue weighted by molar-refractivity contribution is -0.133. The van der Waals surface area contributed by atoms with E-state index < -0.39 is 11.8 Å². The highest BCUT2D eigenvalue weighted by Gasteiger charge is 2.22. The molecule has 1 aliphatic rings. The molecule has 0 aliphatic carbocycles. The summed E-state index contributed by atoms with van der Waals surface area (Å²) in [5.74, 6) is -0.452. The van der Waals surface area contributed by atoms with Crippen molar-refractivity contribution in [2.24, 2.45) is 0 Å². The second-order valence-corrected chi connectivity index (χ2v) is 9.62. The summed E-state index contributed by atoms with van der Waals surface area (Å²) >= 11 is 5.98. The van der Waals surface area contributed by atoms with Crippen molar-refractivity contribution in [1.29, 1.82) is 0 Å². The summed E-state index contributed by atoms with van der Waals surface area (Å²) in [5, 5.41) is 4.96. The Hall–Kier alpha value is -4.37. The van der Waals surface area contributed by atoms with Gasteiger partial charge >= 0.3 is 5.97 Å². The Kier molecular flexibility index (Phi) is 8.31. The van der Waals surface area contributed by atoms with Gasteiger partial charge in [0, 0.05) is 42.5 Å². The van der Waals surface area contributed by atoms with E-state index >= 15 is 0 Å². The van der Waals surface area contributed by atoms with Gasteiger partial charge in [0.25, 0.3) is 5.91 Å². The summed E-state index contributed by atoms with van der Waals surface area (Å²) < 4.78 is 26.2. The van der Waals surface area contributed by atoms with E-state index in [-0.39, 0.29) is 24.8 Å². The van der Waals surface area contributed by atoms with E-state index in [1.807, 2.05) is 24.3 Å². The molecule has 0 radical (unpaired) electrons. The zero-order valence-electron chi connectivity index (χ0n) is 21.9. The maximum Gasteiger partial charge on any atom is 0.358 e. The molecule has 1 saturated heterocycles. The van der Waals surface area contributed by atoms with Crippen molar-refractivity contribution in [3.8, 4) is 22.7 Å². The van der Waals surface area contributed by atoms with E-state index in [1.54, 1.807) is 59.0 Å². The van der Waals surface area contributed by atoms with Crippen molar-refractivity contribution in [2.75, 3.05) is 44.3 Å². The summed E-state index contributed by atoms with van der Waals surface area (Å²) in [6, 6.07) is 22.5. The molecule has 206 valence electrons. The van der Waals surface area contributed by atoms with Crippen LogP contribution in [0.15, 0.2) is 78.9 Å². The minimum absolute atomic E-state index is 0.0399. The molecule has 4 aromatic rings. The Labute approximate surface area is 236 Å². The Bertz CT molecular complexity index is 1500. The third-order valence-electron chi connectivity index (χ3n) is 6.57. The lowest BCUT2D eigenvalue weighted by Crippen LogP contribution is -2.50. The molecule has 40 heavy (non-hydrogen) atoms. The average Bonchev–Trinajstić information content (AvgIpc) is 3.42. The van der Waals surface area contributed by atoms with Crippen LogP contribution < -0.4 is 9.64 Å². The standard InChI is InChI=1S/C30H28ClFN4O4/c1-2-39-30(38)27-19-28(36(33-27)25-7-4-6-23(32)18-25)21-9-11-24(12-10-21)34-13-15-35(16-14-34)29(37)20-40-26-8-3-5-22(31)17-26/h3-12,17-19H,2,13-16,20H2,1H3. The van der Waals surface area contributed by atoms with Crippen molar-refractivity contribution < 1.29 is 23.5 Å². The van der Waals surface area contributed by atoms with Gasteiger partial charge in [0.1, 0.15) is 11.6 Å². The molecule has 0 N–H and O–H groups in total. The molecule has 1 amide bonds. The summed E-state index contributed by atoms with van der Waals surface area (Å²) in [6.07, 6.45) is 0. The number of amides is 1. The number of hydrogen-bond donors (Lipinski definition) is 0. The molecular formula is C30H28ClFN4O4. The molecular weight excluding hydrogens is 535 g/mol. The van der Waals surface area contributed by atoms with E-state index in [9.17, 15) is 14.0 Å². The molecule has 2 heterocycles. The number of ether oxygens (including phenoxy) is 2. The second-order valence-electron chi connectivity index (χ2n) is 9.19. The molecule has 0 saturated carbocycles. The van der Waals surface area contributed by atoms with E-state index in [2.05, 4.69) is 10.00 Å². The first-order valence-corrected chi connectivity index (χ1v) is 13.3. The molecule has 0 bridgehead atoms. The third kappa shape index (κ3) is 6.26. The summed E-state index contributed by atoms with van der Waals surface area (Å²) in [7, 11) is 0. The predicted molar refractivity (Wildman–Crippen MR) is 151 cm³/mol.